The molecule has 0 saturated heterocycles. The van der Waals surface area contributed by atoms with Crippen molar-refractivity contribution < 1.29 is 13.9 Å². The van der Waals surface area contributed by atoms with E-state index in [1.54, 1.807) is 24.3 Å². The molecule has 0 fully saturated rings. The Balaban J connectivity index is 2.05. The topological polar surface area (TPSA) is 38.3 Å². The molecule has 0 radical (unpaired) electrons. The van der Waals surface area contributed by atoms with Crippen LogP contribution in [0.1, 0.15) is 15.9 Å². The number of esters is 1. The zero-order valence-electron chi connectivity index (χ0n) is 10.5. The molecule has 0 aliphatic carbocycles. The molecule has 2 aromatic carbocycles. The fourth-order valence-corrected chi connectivity index (χ4v) is 1.73. The summed E-state index contributed by atoms with van der Waals surface area (Å²) in [5.74, 6) is -0.642. The van der Waals surface area contributed by atoms with Crippen LogP contribution in [0.5, 0.6) is 0 Å². The predicted molar refractivity (Wildman–Crippen MR) is 71.5 cm³/mol. The minimum atomic E-state index is -0.380. The van der Waals surface area contributed by atoms with Crippen molar-refractivity contribution in [1.82, 2.24) is 0 Å². The first-order valence-corrected chi connectivity index (χ1v) is 5.86. The van der Waals surface area contributed by atoms with Crippen LogP contribution in [0.4, 0.5) is 10.1 Å². The van der Waals surface area contributed by atoms with Crippen LogP contribution in [-0.4, -0.2) is 13.1 Å². The maximum Gasteiger partial charge on any atom is 0.337 e. The summed E-state index contributed by atoms with van der Waals surface area (Å²) in [6, 6.07) is 13.4. The molecule has 0 aliphatic rings. The minimum absolute atomic E-state index is 0.261. The lowest BCUT2D eigenvalue weighted by atomic mass is 10.2. The van der Waals surface area contributed by atoms with E-state index < -0.39 is 0 Å². The number of hydrogen-bond donors (Lipinski definition) is 1. The first-order valence-electron chi connectivity index (χ1n) is 5.86. The van der Waals surface area contributed by atoms with Crippen LogP contribution in [0.15, 0.2) is 48.5 Å². The van der Waals surface area contributed by atoms with E-state index in [1.807, 2.05) is 12.1 Å². The van der Waals surface area contributed by atoms with Gasteiger partial charge in [0.15, 0.2) is 0 Å². The van der Waals surface area contributed by atoms with Crippen LogP contribution < -0.4 is 5.32 Å². The summed E-state index contributed by atoms with van der Waals surface area (Å²) in [6.45, 7) is 0.488. The molecule has 4 heteroatoms. The Bertz CT molecular complexity index is 584. The molecule has 0 heterocycles. The van der Waals surface area contributed by atoms with Crippen molar-refractivity contribution in [2.45, 2.75) is 6.54 Å². The van der Waals surface area contributed by atoms with Gasteiger partial charge in [0.1, 0.15) is 5.82 Å². The summed E-state index contributed by atoms with van der Waals surface area (Å²) in [5, 5.41) is 3.13. The van der Waals surface area contributed by atoms with Crippen molar-refractivity contribution in [2.75, 3.05) is 12.4 Å². The number of carbonyl (C=O) groups is 1. The maximum atomic E-state index is 13.0. The van der Waals surface area contributed by atoms with Crippen molar-refractivity contribution in [3.63, 3.8) is 0 Å². The highest BCUT2D eigenvalue weighted by Crippen LogP contribution is 2.13. The SMILES string of the molecule is COC(=O)c1cccc(NCc2cccc(F)c2)c1. The highest BCUT2D eigenvalue weighted by atomic mass is 19.1. The summed E-state index contributed by atoms with van der Waals surface area (Å²) in [4.78, 5) is 11.4. The Kier molecular flexibility index (Phi) is 4.13. The van der Waals surface area contributed by atoms with Gasteiger partial charge in [-0.1, -0.05) is 18.2 Å². The second-order valence-electron chi connectivity index (χ2n) is 4.06. The normalized spacial score (nSPS) is 10.0. The van der Waals surface area contributed by atoms with E-state index in [0.717, 1.165) is 11.3 Å². The molecule has 0 saturated carbocycles. The summed E-state index contributed by atoms with van der Waals surface area (Å²) in [5.41, 5.74) is 2.10. The average Bonchev–Trinajstić information content (AvgIpc) is 2.45. The van der Waals surface area contributed by atoms with Crippen LogP contribution in [-0.2, 0) is 11.3 Å². The van der Waals surface area contributed by atoms with Crippen LogP contribution >= 0.6 is 0 Å². The number of benzene rings is 2. The van der Waals surface area contributed by atoms with Gasteiger partial charge in [-0.2, -0.15) is 0 Å². The second-order valence-corrected chi connectivity index (χ2v) is 4.06. The lowest BCUT2D eigenvalue weighted by molar-refractivity contribution is 0.0601. The number of ether oxygens (including phenoxy) is 1. The van der Waals surface area contributed by atoms with E-state index in [1.165, 1.54) is 19.2 Å². The van der Waals surface area contributed by atoms with E-state index in [4.69, 9.17) is 0 Å². The van der Waals surface area contributed by atoms with Gasteiger partial charge in [0, 0.05) is 12.2 Å². The van der Waals surface area contributed by atoms with Gasteiger partial charge >= 0.3 is 5.97 Å². The molecule has 0 amide bonds. The third-order valence-electron chi connectivity index (χ3n) is 2.67. The van der Waals surface area contributed by atoms with E-state index in [-0.39, 0.29) is 11.8 Å². The van der Waals surface area contributed by atoms with Gasteiger partial charge in [0.25, 0.3) is 0 Å². The number of methoxy groups -OCH3 is 1. The minimum Gasteiger partial charge on any atom is -0.465 e. The van der Waals surface area contributed by atoms with Crippen LogP contribution in [0.2, 0.25) is 0 Å². The molecule has 2 aromatic rings. The fraction of sp³-hybridized carbons (Fsp3) is 0.133. The molecule has 0 unspecified atom stereocenters. The Morgan fingerprint density at radius 3 is 2.74 bits per heavy atom. The number of hydrogen-bond acceptors (Lipinski definition) is 3. The molecular formula is C15H14FNO2. The van der Waals surface area contributed by atoms with Crippen LogP contribution in [0.25, 0.3) is 0 Å². The van der Waals surface area contributed by atoms with E-state index >= 15 is 0 Å². The average molecular weight is 259 g/mol. The Hall–Kier alpha value is -2.36. The van der Waals surface area contributed by atoms with Gasteiger partial charge in [-0.05, 0) is 35.9 Å². The molecular weight excluding hydrogens is 245 g/mol. The standard InChI is InChI=1S/C15H14FNO2/c1-19-15(18)12-5-3-7-14(9-12)17-10-11-4-2-6-13(16)8-11/h2-9,17H,10H2,1H3. The summed E-state index contributed by atoms with van der Waals surface area (Å²) in [6.07, 6.45) is 0. The Labute approximate surface area is 111 Å². The molecule has 19 heavy (non-hydrogen) atoms. The quantitative estimate of drug-likeness (QED) is 0.857. The van der Waals surface area contributed by atoms with Gasteiger partial charge in [-0.25, -0.2) is 9.18 Å². The van der Waals surface area contributed by atoms with Crippen molar-refractivity contribution in [2.24, 2.45) is 0 Å². The zero-order chi connectivity index (χ0) is 13.7. The summed E-state index contributed by atoms with van der Waals surface area (Å²) in [7, 11) is 1.34. The number of anilines is 1. The highest BCUT2D eigenvalue weighted by Gasteiger charge is 2.05. The largest absolute Gasteiger partial charge is 0.465 e. The smallest absolute Gasteiger partial charge is 0.337 e. The third kappa shape index (κ3) is 3.55. The maximum absolute atomic E-state index is 13.0. The molecule has 0 spiro atoms. The molecule has 1 N–H and O–H groups in total. The van der Waals surface area contributed by atoms with Crippen molar-refractivity contribution in [1.29, 1.82) is 0 Å². The van der Waals surface area contributed by atoms with Gasteiger partial charge in [-0.3, -0.25) is 0 Å². The first kappa shape index (κ1) is 13.1. The van der Waals surface area contributed by atoms with Gasteiger partial charge < -0.3 is 10.1 Å². The number of halogens is 1. The molecule has 0 atom stereocenters. The summed E-state index contributed by atoms with van der Waals surface area (Å²) < 4.78 is 17.7. The molecule has 98 valence electrons. The van der Waals surface area contributed by atoms with Crippen molar-refractivity contribution in [3.8, 4) is 0 Å². The predicted octanol–water partition coefficient (Wildman–Crippen LogP) is 3.22. The van der Waals surface area contributed by atoms with Gasteiger partial charge in [-0.15, -0.1) is 0 Å². The third-order valence-corrected chi connectivity index (χ3v) is 2.67. The lowest BCUT2D eigenvalue weighted by Gasteiger charge is -2.08. The summed E-state index contributed by atoms with van der Waals surface area (Å²) >= 11 is 0. The molecule has 0 aliphatic heterocycles. The van der Waals surface area contributed by atoms with Crippen molar-refractivity contribution >= 4 is 11.7 Å². The molecule has 0 aromatic heterocycles. The monoisotopic (exact) mass is 259 g/mol. The number of rotatable bonds is 4. The number of carbonyl (C=O) groups excluding carboxylic acids is 1. The molecule has 3 nitrogen and oxygen atoms in total. The first-order chi connectivity index (χ1) is 9.19. The Morgan fingerprint density at radius 1 is 1.21 bits per heavy atom. The van der Waals surface area contributed by atoms with Gasteiger partial charge in [0.05, 0.1) is 12.7 Å². The molecule has 2 rings (SSSR count). The van der Waals surface area contributed by atoms with E-state index in [0.29, 0.717) is 12.1 Å². The van der Waals surface area contributed by atoms with E-state index in [9.17, 15) is 9.18 Å². The highest BCUT2D eigenvalue weighted by molar-refractivity contribution is 5.90. The van der Waals surface area contributed by atoms with E-state index in [2.05, 4.69) is 10.1 Å². The fourth-order valence-electron chi connectivity index (χ4n) is 1.73. The lowest BCUT2D eigenvalue weighted by Crippen LogP contribution is -2.04. The Morgan fingerprint density at radius 2 is 2.00 bits per heavy atom. The van der Waals surface area contributed by atoms with Gasteiger partial charge in [0.2, 0.25) is 0 Å². The molecule has 0 bridgehead atoms. The van der Waals surface area contributed by atoms with Crippen LogP contribution in [0, 0.1) is 5.82 Å². The second kappa shape index (κ2) is 6.00. The van der Waals surface area contributed by atoms with Crippen LogP contribution in [0.3, 0.4) is 0 Å². The number of nitrogens with one attached hydrogen (secondary N) is 1. The van der Waals surface area contributed by atoms with Crippen molar-refractivity contribution in [3.05, 3.63) is 65.5 Å². The zero-order valence-corrected chi connectivity index (χ0v) is 10.5.